The number of rotatable bonds is 9. The highest BCUT2D eigenvalue weighted by atomic mass is 19.1. The van der Waals surface area contributed by atoms with E-state index in [1.54, 1.807) is 0 Å². The average Bonchev–Trinajstić information content (AvgIpc) is 2.48. The van der Waals surface area contributed by atoms with Crippen molar-refractivity contribution < 1.29 is 28.6 Å². The zero-order valence-corrected chi connectivity index (χ0v) is 12.2. The second-order valence-corrected chi connectivity index (χ2v) is 4.62. The van der Waals surface area contributed by atoms with Crippen LogP contribution in [-0.4, -0.2) is 36.4 Å². The van der Waals surface area contributed by atoms with Crippen LogP contribution in [0.1, 0.15) is 36.0 Å². The van der Waals surface area contributed by atoms with Crippen LogP contribution in [0, 0.1) is 5.82 Å². The van der Waals surface area contributed by atoms with E-state index >= 15 is 0 Å². The number of amides is 1. The smallest absolute Gasteiger partial charge is 0.303 e. The van der Waals surface area contributed by atoms with E-state index in [2.05, 4.69) is 5.32 Å². The van der Waals surface area contributed by atoms with Gasteiger partial charge in [0, 0.05) is 31.4 Å². The summed E-state index contributed by atoms with van der Waals surface area (Å²) in [7, 11) is 1.33. The van der Waals surface area contributed by atoms with Gasteiger partial charge in [-0.25, -0.2) is 4.39 Å². The van der Waals surface area contributed by atoms with Gasteiger partial charge in [0.05, 0.1) is 7.11 Å². The number of Topliss-reactive ketones (excluding diaryl/α,β-unsaturated/α-hetero) is 1. The molecular weight excluding hydrogens is 293 g/mol. The zero-order valence-electron chi connectivity index (χ0n) is 12.2. The molecule has 120 valence electrons. The molecule has 1 amide bonds. The maximum absolute atomic E-state index is 13.5. The molecule has 1 aromatic rings. The topological polar surface area (TPSA) is 92.7 Å². The SMILES string of the molecule is COc1ccc(C(=O)CCC(=O)NCCCC(=O)O)cc1F. The Balaban J connectivity index is 2.37. The number of carbonyl (C=O) groups is 3. The number of aliphatic carboxylic acids is 1. The molecule has 0 atom stereocenters. The first-order valence-corrected chi connectivity index (χ1v) is 6.79. The second kappa shape index (κ2) is 8.76. The Morgan fingerprint density at radius 1 is 1.23 bits per heavy atom. The molecular formula is C15H18FNO5. The molecule has 0 saturated carbocycles. The van der Waals surface area contributed by atoms with Crippen LogP contribution in [-0.2, 0) is 9.59 Å². The van der Waals surface area contributed by atoms with Crippen LogP contribution in [0.3, 0.4) is 0 Å². The third-order valence-electron chi connectivity index (χ3n) is 2.94. The number of methoxy groups -OCH3 is 1. The average molecular weight is 311 g/mol. The molecule has 0 spiro atoms. The van der Waals surface area contributed by atoms with Gasteiger partial charge in [-0.2, -0.15) is 0 Å². The second-order valence-electron chi connectivity index (χ2n) is 4.62. The van der Waals surface area contributed by atoms with Crippen molar-refractivity contribution in [2.75, 3.05) is 13.7 Å². The standard InChI is InChI=1S/C15H18FNO5/c1-22-13-6-4-10(9-11(13)16)12(18)5-7-14(19)17-8-2-3-15(20)21/h4,6,9H,2-3,5,7-8H2,1H3,(H,17,19)(H,20,21). The zero-order chi connectivity index (χ0) is 16.5. The number of halogens is 1. The van der Waals surface area contributed by atoms with Gasteiger partial charge < -0.3 is 15.2 Å². The molecule has 0 heterocycles. The Bertz CT molecular complexity index is 559. The first-order chi connectivity index (χ1) is 10.4. The highest BCUT2D eigenvalue weighted by Crippen LogP contribution is 2.18. The molecule has 2 N–H and O–H groups in total. The van der Waals surface area contributed by atoms with Crippen molar-refractivity contribution in [3.05, 3.63) is 29.6 Å². The molecule has 0 saturated heterocycles. The highest BCUT2D eigenvalue weighted by molar-refractivity contribution is 5.98. The van der Waals surface area contributed by atoms with Crippen molar-refractivity contribution in [3.63, 3.8) is 0 Å². The van der Waals surface area contributed by atoms with Gasteiger partial charge in [-0.15, -0.1) is 0 Å². The van der Waals surface area contributed by atoms with Gasteiger partial charge >= 0.3 is 5.97 Å². The van der Waals surface area contributed by atoms with Gasteiger partial charge in [0.15, 0.2) is 17.3 Å². The molecule has 0 unspecified atom stereocenters. The minimum Gasteiger partial charge on any atom is -0.494 e. The molecule has 0 aliphatic carbocycles. The Morgan fingerprint density at radius 3 is 2.55 bits per heavy atom. The molecule has 0 aliphatic heterocycles. The normalized spacial score (nSPS) is 10.1. The van der Waals surface area contributed by atoms with Gasteiger partial charge in [-0.1, -0.05) is 0 Å². The van der Waals surface area contributed by atoms with Crippen molar-refractivity contribution in [2.45, 2.75) is 25.7 Å². The van der Waals surface area contributed by atoms with Crippen LogP contribution >= 0.6 is 0 Å². The number of nitrogens with one attached hydrogen (secondary N) is 1. The number of benzene rings is 1. The number of ether oxygens (including phenoxy) is 1. The number of ketones is 1. The van der Waals surface area contributed by atoms with E-state index in [1.165, 1.54) is 19.2 Å². The Labute approximate surface area is 127 Å². The van der Waals surface area contributed by atoms with Crippen LogP contribution in [0.5, 0.6) is 5.75 Å². The lowest BCUT2D eigenvalue weighted by molar-refractivity contribution is -0.137. The lowest BCUT2D eigenvalue weighted by Crippen LogP contribution is -2.25. The fraction of sp³-hybridized carbons (Fsp3) is 0.400. The maximum atomic E-state index is 13.5. The predicted molar refractivity (Wildman–Crippen MR) is 76.4 cm³/mol. The molecule has 0 bridgehead atoms. The molecule has 0 radical (unpaired) electrons. The summed E-state index contributed by atoms with van der Waals surface area (Å²) < 4.78 is 18.2. The first kappa shape index (κ1) is 17.6. The van der Waals surface area contributed by atoms with Crippen LogP contribution < -0.4 is 10.1 Å². The van der Waals surface area contributed by atoms with Gasteiger partial charge in [-0.05, 0) is 24.6 Å². The molecule has 0 fully saturated rings. The first-order valence-electron chi connectivity index (χ1n) is 6.79. The summed E-state index contributed by atoms with van der Waals surface area (Å²) >= 11 is 0. The van der Waals surface area contributed by atoms with E-state index in [-0.39, 0.29) is 48.8 Å². The Kier molecular flexibility index (Phi) is 7.01. The van der Waals surface area contributed by atoms with Gasteiger partial charge in [0.1, 0.15) is 0 Å². The van der Waals surface area contributed by atoms with E-state index in [0.717, 1.165) is 6.07 Å². The number of hydrogen-bond donors (Lipinski definition) is 2. The summed E-state index contributed by atoms with van der Waals surface area (Å²) in [6, 6.07) is 3.87. The lowest BCUT2D eigenvalue weighted by Gasteiger charge is -2.06. The van der Waals surface area contributed by atoms with Crippen molar-refractivity contribution >= 4 is 17.7 Å². The maximum Gasteiger partial charge on any atom is 0.303 e. The van der Waals surface area contributed by atoms with E-state index in [1.807, 2.05) is 0 Å². The van der Waals surface area contributed by atoms with Crippen LogP contribution in [0.25, 0.3) is 0 Å². The predicted octanol–water partition coefficient (Wildman–Crippen LogP) is 1.78. The lowest BCUT2D eigenvalue weighted by atomic mass is 10.1. The van der Waals surface area contributed by atoms with Crippen LogP contribution in [0.4, 0.5) is 4.39 Å². The Hall–Kier alpha value is -2.44. The van der Waals surface area contributed by atoms with E-state index in [0.29, 0.717) is 6.42 Å². The summed E-state index contributed by atoms with van der Waals surface area (Å²) in [6.45, 7) is 0.247. The van der Waals surface area contributed by atoms with Crippen molar-refractivity contribution in [1.29, 1.82) is 0 Å². The Morgan fingerprint density at radius 2 is 1.95 bits per heavy atom. The minimum absolute atomic E-state index is 0.0235. The molecule has 7 heteroatoms. The number of carbonyl (C=O) groups excluding carboxylic acids is 2. The summed E-state index contributed by atoms with van der Waals surface area (Å²) in [5, 5.41) is 11.0. The molecule has 1 rings (SSSR count). The summed E-state index contributed by atoms with van der Waals surface area (Å²) in [6.07, 6.45) is 0.235. The van der Waals surface area contributed by atoms with Gasteiger partial charge in [-0.3, -0.25) is 14.4 Å². The van der Waals surface area contributed by atoms with Gasteiger partial charge in [0.25, 0.3) is 0 Å². The van der Waals surface area contributed by atoms with Crippen LogP contribution in [0.15, 0.2) is 18.2 Å². The van der Waals surface area contributed by atoms with Crippen molar-refractivity contribution in [1.82, 2.24) is 5.32 Å². The van der Waals surface area contributed by atoms with Crippen LogP contribution in [0.2, 0.25) is 0 Å². The molecule has 0 aliphatic rings. The number of hydrogen-bond acceptors (Lipinski definition) is 4. The minimum atomic E-state index is -0.925. The highest BCUT2D eigenvalue weighted by Gasteiger charge is 2.12. The van der Waals surface area contributed by atoms with E-state index in [9.17, 15) is 18.8 Å². The largest absolute Gasteiger partial charge is 0.494 e. The number of carboxylic acid groups (broad SMARTS) is 1. The summed E-state index contributed by atoms with van der Waals surface area (Å²) in [4.78, 5) is 33.6. The van der Waals surface area contributed by atoms with E-state index < -0.39 is 11.8 Å². The molecule has 1 aromatic carbocycles. The van der Waals surface area contributed by atoms with Crippen molar-refractivity contribution in [3.8, 4) is 5.75 Å². The fourth-order valence-corrected chi connectivity index (χ4v) is 1.77. The number of carboxylic acids is 1. The van der Waals surface area contributed by atoms with Gasteiger partial charge in [0.2, 0.25) is 5.91 Å². The third-order valence-corrected chi connectivity index (χ3v) is 2.94. The quantitative estimate of drug-likeness (QED) is 0.535. The van der Waals surface area contributed by atoms with Crippen molar-refractivity contribution in [2.24, 2.45) is 0 Å². The summed E-state index contributed by atoms with van der Waals surface area (Å²) in [5.41, 5.74) is 0.178. The fourth-order valence-electron chi connectivity index (χ4n) is 1.77. The monoisotopic (exact) mass is 311 g/mol. The molecule has 22 heavy (non-hydrogen) atoms. The third kappa shape index (κ3) is 5.90. The molecule has 0 aromatic heterocycles. The van der Waals surface area contributed by atoms with E-state index in [4.69, 9.17) is 9.84 Å². The summed E-state index contributed by atoms with van der Waals surface area (Å²) in [5.74, 6) is -2.19. The molecule has 6 nitrogen and oxygen atoms in total.